The number of nitrogens with one attached hydrogen (secondary N) is 1. The number of hydrogen-bond acceptors (Lipinski definition) is 4. The van der Waals surface area contributed by atoms with Gasteiger partial charge in [-0.2, -0.15) is 13.2 Å². The molecule has 3 aromatic carbocycles. The Bertz CT molecular complexity index is 1260. The fourth-order valence-electron chi connectivity index (χ4n) is 3.84. The molecule has 2 amide bonds. The third kappa shape index (κ3) is 6.12. The third-order valence-corrected chi connectivity index (χ3v) is 5.58. The number of nitrogens with zero attached hydrogens (tertiary/aromatic N) is 2. The van der Waals surface area contributed by atoms with Crippen molar-refractivity contribution in [3.63, 3.8) is 0 Å². The summed E-state index contributed by atoms with van der Waals surface area (Å²) in [4.78, 5) is 20.1. The predicted molar refractivity (Wildman–Crippen MR) is 126 cm³/mol. The van der Waals surface area contributed by atoms with Gasteiger partial charge in [0, 0.05) is 18.5 Å². The average molecular weight is 501 g/mol. The number of benzene rings is 3. The van der Waals surface area contributed by atoms with Crippen molar-refractivity contribution in [2.75, 3.05) is 19.0 Å². The van der Waals surface area contributed by atoms with Crippen LogP contribution in [0.15, 0.2) is 78.0 Å². The van der Waals surface area contributed by atoms with Gasteiger partial charge in [-0.3, -0.25) is 0 Å². The van der Waals surface area contributed by atoms with E-state index in [9.17, 15) is 22.4 Å². The molecule has 36 heavy (non-hydrogen) atoms. The van der Waals surface area contributed by atoms with E-state index in [0.29, 0.717) is 34.7 Å². The summed E-state index contributed by atoms with van der Waals surface area (Å²) in [5, 5.41) is 6.78. The highest BCUT2D eigenvalue weighted by molar-refractivity contribution is 6.01. The SMILES string of the molecule is COc1ccccc1NC(=O)N(Cc1cccc(C(F)(F)F)c1)C[C@H]1CC(c2cccc(F)c2)=NO1. The molecule has 1 heterocycles. The molecule has 1 aliphatic heterocycles. The van der Waals surface area contributed by atoms with Gasteiger partial charge in [0.25, 0.3) is 0 Å². The van der Waals surface area contributed by atoms with Crippen LogP contribution in [0.25, 0.3) is 0 Å². The van der Waals surface area contributed by atoms with Crippen molar-refractivity contribution in [2.24, 2.45) is 5.16 Å². The summed E-state index contributed by atoms with van der Waals surface area (Å²) in [6.07, 6.45) is -4.79. The van der Waals surface area contributed by atoms with E-state index in [1.54, 1.807) is 36.4 Å². The van der Waals surface area contributed by atoms with Gasteiger partial charge in [-0.1, -0.05) is 41.6 Å². The Hall–Kier alpha value is -4.08. The van der Waals surface area contributed by atoms with Gasteiger partial charge in [0.1, 0.15) is 11.6 Å². The van der Waals surface area contributed by atoms with Crippen LogP contribution >= 0.6 is 0 Å². The molecule has 1 aliphatic rings. The first-order valence-electron chi connectivity index (χ1n) is 11.1. The predicted octanol–water partition coefficient (Wildman–Crippen LogP) is 6.08. The Balaban J connectivity index is 1.53. The minimum Gasteiger partial charge on any atom is -0.495 e. The van der Waals surface area contributed by atoms with Crippen molar-refractivity contribution >= 4 is 17.4 Å². The number of oxime groups is 1. The van der Waals surface area contributed by atoms with Gasteiger partial charge < -0.3 is 19.8 Å². The van der Waals surface area contributed by atoms with Crippen LogP contribution < -0.4 is 10.1 Å². The van der Waals surface area contributed by atoms with Gasteiger partial charge in [0.05, 0.1) is 30.6 Å². The summed E-state index contributed by atoms with van der Waals surface area (Å²) in [5.41, 5.74) is 0.968. The number of rotatable bonds is 7. The minimum atomic E-state index is -4.51. The van der Waals surface area contributed by atoms with Crippen LogP contribution in [0.3, 0.4) is 0 Å². The summed E-state index contributed by atoms with van der Waals surface area (Å²) < 4.78 is 58.6. The maximum atomic E-state index is 13.6. The molecule has 0 aromatic heterocycles. The van der Waals surface area contributed by atoms with Crippen LogP contribution in [0.5, 0.6) is 5.75 Å². The number of alkyl halides is 3. The number of methoxy groups -OCH3 is 1. The summed E-state index contributed by atoms with van der Waals surface area (Å²) in [7, 11) is 1.46. The van der Waals surface area contributed by atoms with Gasteiger partial charge in [-0.05, 0) is 42.0 Å². The van der Waals surface area contributed by atoms with Crippen molar-refractivity contribution < 1.29 is 31.9 Å². The molecule has 3 aromatic rings. The fourth-order valence-corrected chi connectivity index (χ4v) is 3.84. The van der Waals surface area contributed by atoms with E-state index in [1.807, 2.05) is 0 Å². The highest BCUT2D eigenvalue weighted by Crippen LogP contribution is 2.30. The van der Waals surface area contributed by atoms with Crippen molar-refractivity contribution in [3.05, 3.63) is 95.3 Å². The molecule has 6 nitrogen and oxygen atoms in total. The zero-order chi connectivity index (χ0) is 25.7. The lowest BCUT2D eigenvalue weighted by Crippen LogP contribution is -2.40. The molecule has 0 fully saturated rings. The summed E-state index contributed by atoms with van der Waals surface area (Å²) in [5.74, 6) is 0.0136. The fraction of sp³-hybridized carbons (Fsp3) is 0.231. The van der Waals surface area contributed by atoms with E-state index < -0.39 is 29.7 Å². The molecule has 4 rings (SSSR count). The second kappa shape index (κ2) is 10.7. The molecule has 0 spiro atoms. The molecule has 0 unspecified atom stereocenters. The third-order valence-electron chi connectivity index (χ3n) is 5.58. The Morgan fingerprint density at radius 1 is 1.11 bits per heavy atom. The summed E-state index contributed by atoms with van der Waals surface area (Å²) >= 11 is 0. The minimum absolute atomic E-state index is 0.0273. The monoisotopic (exact) mass is 501 g/mol. The first-order chi connectivity index (χ1) is 17.2. The van der Waals surface area contributed by atoms with Crippen molar-refractivity contribution in [3.8, 4) is 5.75 Å². The molecule has 10 heteroatoms. The van der Waals surface area contributed by atoms with E-state index >= 15 is 0 Å². The largest absolute Gasteiger partial charge is 0.495 e. The van der Waals surface area contributed by atoms with Gasteiger partial charge >= 0.3 is 12.2 Å². The van der Waals surface area contributed by atoms with Gasteiger partial charge in [0.2, 0.25) is 0 Å². The zero-order valence-corrected chi connectivity index (χ0v) is 19.3. The number of hydrogen-bond donors (Lipinski definition) is 1. The number of amides is 2. The van der Waals surface area contributed by atoms with Crippen LogP contribution in [0.1, 0.15) is 23.1 Å². The number of urea groups is 1. The highest BCUT2D eigenvalue weighted by Gasteiger charge is 2.31. The Kier molecular flexibility index (Phi) is 7.42. The van der Waals surface area contributed by atoms with Crippen LogP contribution in [0, 0.1) is 5.82 Å². The Morgan fingerprint density at radius 3 is 2.64 bits per heavy atom. The molecule has 1 atom stereocenters. The molecular weight excluding hydrogens is 478 g/mol. The van der Waals surface area contributed by atoms with E-state index in [-0.39, 0.29) is 13.1 Å². The van der Waals surface area contributed by atoms with Crippen molar-refractivity contribution in [1.82, 2.24) is 4.90 Å². The average Bonchev–Trinajstić information content (AvgIpc) is 3.32. The first kappa shape index (κ1) is 25.0. The molecule has 0 saturated heterocycles. The molecule has 0 bridgehead atoms. The lowest BCUT2D eigenvalue weighted by molar-refractivity contribution is -0.137. The second-order valence-electron chi connectivity index (χ2n) is 8.19. The molecule has 188 valence electrons. The summed E-state index contributed by atoms with van der Waals surface area (Å²) in [6.45, 7) is -0.0837. The van der Waals surface area contributed by atoms with Crippen molar-refractivity contribution in [2.45, 2.75) is 25.2 Å². The maximum absolute atomic E-state index is 13.6. The number of carbonyl (C=O) groups excluding carboxylic acids is 1. The second-order valence-corrected chi connectivity index (χ2v) is 8.19. The van der Waals surface area contributed by atoms with Crippen molar-refractivity contribution in [1.29, 1.82) is 0 Å². The molecular formula is C26H23F4N3O3. The quantitative estimate of drug-likeness (QED) is 0.399. The topological polar surface area (TPSA) is 63.2 Å². The number of halogens is 4. The zero-order valence-electron chi connectivity index (χ0n) is 19.3. The van der Waals surface area contributed by atoms with Gasteiger partial charge in [-0.25, -0.2) is 9.18 Å². The smallest absolute Gasteiger partial charge is 0.416 e. The number of para-hydroxylation sites is 2. The maximum Gasteiger partial charge on any atom is 0.416 e. The van der Waals surface area contributed by atoms with E-state index in [1.165, 1.54) is 36.3 Å². The number of carbonyl (C=O) groups is 1. The number of anilines is 1. The molecule has 0 aliphatic carbocycles. The molecule has 0 radical (unpaired) electrons. The van der Waals surface area contributed by atoms with E-state index in [4.69, 9.17) is 9.57 Å². The lowest BCUT2D eigenvalue weighted by Gasteiger charge is -2.26. The summed E-state index contributed by atoms with van der Waals surface area (Å²) in [6, 6.07) is 16.9. The first-order valence-corrected chi connectivity index (χ1v) is 11.1. The lowest BCUT2D eigenvalue weighted by atomic mass is 10.0. The normalized spacial score (nSPS) is 15.1. The van der Waals surface area contributed by atoms with E-state index in [2.05, 4.69) is 10.5 Å². The van der Waals surface area contributed by atoms with Gasteiger partial charge in [-0.15, -0.1) is 0 Å². The van der Waals surface area contributed by atoms with E-state index in [0.717, 1.165) is 12.1 Å². The van der Waals surface area contributed by atoms with Crippen LogP contribution in [-0.2, 0) is 17.6 Å². The Labute approximate surface area is 205 Å². The van der Waals surface area contributed by atoms with Crippen LogP contribution in [0.4, 0.5) is 28.0 Å². The van der Waals surface area contributed by atoms with Crippen LogP contribution in [-0.4, -0.2) is 36.4 Å². The van der Waals surface area contributed by atoms with Crippen LogP contribution in [0.2, 0.25) is 0 Å². The van der Waals surface area contributed by atoms with Gasteiger partial charge in [0.15, 0.2) is 6.10 Å². The highest BCUT2D eigenvalue weighted by atomic mass is 19.4. The molecule has 1 N–H and O–H groups in total. The number of ether oxygens (including phenoxy) is 1. The standard InChI is InChI=1S/C26H23F4N3O3/c1-35-24-11-3-2-10-22(24)31-25(34)33(15-17-6-4-8-19(12-17)26(28,29)30)16-21-14-23(32-36-21)18-7-5-9-20(27)13-18/h2-13,21H,14-16H2,1H3,(H,31,34)/t21-/m1/s1. The molecule has 0 saturated carbocycles. The Morgan fingerprint density at radius 2 is 1.89 bits per heavy atom.